The van der Waals surface area contributed by atoms with Crippen LogP contribution in [0.4, 0.5) is 11.5 Å². The topological polar surface area (TPSA) is 68.1 Å². The summed E-state index contributed by atoms with van der Waals surface area (Å²) in [5, 5.41) is 13.7. The van der Waals surface area contributed by atoms with E-state index in [2.05, 4.69) is 26.2 Å². The summed E-state index contributed by atoms with van der Waals surface area (Å²) in [7, 11) is 0. The Morgan fingerprint density at radius 3 is 2.94 bits per heavy atom. The van der Waals surface area contributed by atoms with Gasteiger partial charge in [-0.2, -0.15) is 11.8 Å². The molecular weight excluding hydrogens is 294 g/mol. The van der Waals surface area contributed by atoms with Gasteiger partial charge in [-0.15, -0.1) is 0 Å². The molecule has 1 aromatic rings. The molecule has 0 spiro atoms. The second kappa shape index (κ2) is 6.05. The average Bonchev–Trinajstić information content (AvgIpc) is 2.21. The molecule has 0 saturated carbocycles. The quantitative estimate of drug-likeness (QED) is 0.669. The zero-order valence-corrected chi connectivity index (χ0v) is 11.3. The molecular formula is C9H12BrN3O2S. The summed E-state index contributed by atoms with van der Waals surface area (Å²) < 4.78 is 0.606. The lowest BCUT2D eigenvalue weighted by molar-refractivity contribution is -0.385. The number of pyridine rings is 1. The van der Waals surface area contributed by atoms with Crippen molar-refractivity contribution in [2.45, 2.75) is 13.0 Å². The smallest absolute Gasteiger partial charge is 0.288 e. The van der Waals surface area contributed by atoms with Crippen LogP contribution in [0.1, 0.15) is 6.92 Å². The maximum Gasteiger partial charge on any atom is 0.288 e. The molecule has 0 saturated heterocycles. The van der Waals surface area contributed by atoms with Crippen molar-refractivity contribution in [2.75, 3.05) is 17.3 Å². The predicted molar refractivity (Wildman–Crippen MR) is 70.1 cm³/mol. The Morgan fingerprint density at radius 1 is 1.75 bits per heavy atom. The van der Waals surface area contributed by atoms with Crippen LogP contribution < -0.4 is 5.32 Å². The van der Waals surface area contributed by atoms with Crippen molar-refractivity contribution in [1.82, 2.24) is 4.98 Å². The van der Waals surface area contributed by atoms with E-state index >= 15 is 0 Å². The van der Waals surface area contributed by atoms with Crippen LogP contribution in [-0.2, 0) is 0 Å². The molecule has 0 bridgehead atoms. The monoisotopic (exact) mass is 305 g/mol. The molecule has 0 aliphatic rings. The third-order valence-corrected chi connectivity index (χ3v) is 3.28. The SMILES string of the molecule is CSCC(C)Nc1ncc([N+](=O)[O-])cc1Br. The average molecular weight is 306 g/mol. The van der Waals surface area contributed by atoms with Crippen molar-refractivity contribution >= 4 is 39.2 Å². The van der Waals surface area contributed by atoms with Gasteiger partial charge >= 0.3 is 0 Å². The van der Waals surface area contributed by atoms with E-state index in [1.807, 2.05) is 13.2 Å². The molecule has 1 N–H and O–H groups in total. The number of rotatable bonds is 5. The van der Waals surface area contributed by atoms with Crippen molar-refractivity contribution in [3.63, 3.8) is 0 Å². The number of halogens is 1. The van der Waals surface area contributed by atoms with Crippen LogP contribution in [0.5, 0.6) is 0 Å². The van der Waals surface area contributed by atoms with Gasteiger partial charge in [0.25, 0.3) is 5.69 Å². The second-order valence-electron chi connectivity index (χ2n) is 3.28. The number of aromatic nitrogens is 1. The van der Waals surface area contributed by atoms with E-state index in [-0.39, 0.29) is 11.7 Å². The van der Waals surface area contributed by atoms with E-state index in [4.69, 9.17) is 0 Å². The standard InChI is InChI=1S/C9H12BrN3O2S/c1-6(5-16-2)12-9-8(10)3-7(4-11-9)13(14)15/h3-4,6H,5H2,1-2H3,(H,11,12). The Hall–Kier alpha value is -0.820. The molecule has 0 fully saturated rings. The molecule has 0 aliphatic carbocycles. The van der Waals surface area contributed by atoms with Crippen LogP contribution in [0, 0.1) is 10.1 Å². The molecule has 0 amide bonds. The van der Waals surface area contributed by atoms with E-state index in [9.17, 15) is 10.1 Å². The normalized spacial score (nSPS) is 12.2. The van der Waals surface area contributed by atoms with E-state index in [1.54, 1.807) is 11.8 Å². The molecule has 0 aromatic carbocycles. The van der Waals surface area contributed by atoms with E-state index in [1.165, 1.54) is 12.3 Å². The van der Waals surface area contributed by atoms with Gasteiger partial charge < -0.3 is 5.32 Å². The molecule has 1 unspecified atom stereocenters. The van der Waals surface area contributed by atoms with Gasteiger partial charge in [0.05, 0.1) is 9.40 Å². The van der Waals surface area contributed by atoms with Crippen LogP contribution in [-0.4, -0.2) is 28.0 Å². The summed E-state index contributed by atoms with van der Waals surface area (Å²) >= 11 is 4.99. The van der Waals surface area contributed by atoms with Crippen molar-refractivity contribution in [1.29, 1.82) is 0 Å². The molecule has 16 heavy (non-hydrogen) atoms. The Kier molecular flexibility index (Phi) is 5.01. The molecule has 7 heteroatoms. The number of nitrogens with one attached hydrogen (secondary N) is 1. The Morgan fingerprint density at radius 2 is 2.44 bits per heavy atom. The van der Waals surface area contributed by atoms with Crippen molar-refractivity contribution in [2.24, 2.45) is 0 Å². The summed E-state index contributed by atoms with van der Waals surface area (Å²) in [6.45, 7) is 2.03. The van der Waals surface area contributed by atoms with Gasteiger partial charge in [0.15, 0.2) is 0 Å². The summed E-state index contributed by atoms with van der Waals surface area (Å²) in [6.07, 6.45) is 3.27. The Balaban J connectivity index is 2.79. The van der Waals surface area contributed by atoms with Crippen molar-refractivity contribution < 1.29 is 4.92 Å². The number of hydrogen-bond acceptors (Lipinski definition) is 5. The van der Waals surface area contributed by atoms with Crippen molar-refractivity contribution in [3.05, 3.63) is 26.9 Å². The van der Waals surface area contributed by atoms with Crippen LogP contribution in [0.2, 0.25) is 0 Å². The third-order valence-electron chi connectivity index (χ3n) is 1.84. The maximum absolute atomic E-state index is 10.5. The minimum atomic E-state index is -0.465. The molecule has 1 aromatic heterocycles. The first-order valence-corrected chi connectivity index (χ1v) is 6.78. The van der Waals surface area contributed by atoms with Gasteiger partial charge in [0, 0.05) is 17.9 Å². The number of anilines is 1. The van der Waals surface area contributed by atoms with Gasteiger partial charge in [-0.3, -0.25) is 10.1 Å². The van der Waals surface area contributed by atoms with Crippen LogP contribution in [0.3, 0.4) is 0 Å². The lowest BCUT2D eigenvalue weighted by Gasteiger charge is -2.13. The minimum absolute atomic E-state index is 0.0186. The highest BCUT2D eigenvalue weighted by molar-refractivity contribution is 9.10. The number of nitrogens with zero attached hydrogens (tertiary/aromatic N) is 2. The molecule has 0 aliphatic heterocycles. The summed E-state index contributed by atoms with van der Waals surface area (Å²) in [6, 6.07) is 1.71. The molecule has 5 nitrogen and oxygen atoms in total. The molecule has 0 radical (unpaired) electrons. The van der Waals surface area contributed by atoms with Crippen LogP contribution >= 0.6 is 27.7 Å². The van der Waals surface area contributed by atoms with E-state index < -0.39 is 4.92 Å². The summed E-state index contributed by atoms with van der Waals surface area (Å²) in [4.78, 5) is 14.1. The maximum atomic E-state index is 10.5. The number of thioether (sulfide) groups is 1. The Bertz CT molecular complexity index is 389. The Labute approximate surface area is 106 Å². The largest absolute Gasteiger partial charge is 0.366 e. The lowest BCUT2D eigenvalue weighted by atomic mass is 10.3. The zero-order chi connectivity index (χ0) is 12.1. The lowest BCUT2D eigenvalue weighted by Crippen LogP contribution is -2.18. The minimum Gasteiger partial charge on any atom is -0.366 e. The first-order chi connectivity index (χ1) is 7.54. The molecule has 1 rings (SSSR count). The van der Waals surface area contributed by atoms with Crippen LogP contribution in [0.15, 0.2) is 16.7 Å². The van der Waals surface area contributed by atoms with E-state index in [0.717, 1.165) is 5.75 Å². The summed E-state index contributed by atoms with van der Waals surface area (Å²) in [5.41, 5.74) is -0.0186. The van der Waals surface area contributed by atoms with E-state index in [0.29, 0.717) is 10.3 Å². The highest BCUT2D eigenvalue weighted by Crippen LogP contribution is 2.25. The van der Waals surface area contributed by atoms with Gasteiger partial charge in [-0.05, 0) is 29.1 Å². The van der Waals surface area contributed by atoms with Crippen LogP contribution in [0.25, 0.3) is 0 Å². The molecule has 1 heterocycles. The molecule has 88 valence electrons. The summed E-state index contributed by atoms with van der Waals surface area (Å²) in [5.74, 6) is 1.58. The second-order valence-corrected chi connectivity index (χ2v) is 5.05. The van der Waals surface area contributed by atoms with Crippen molar-refractivity contribution in [3.8, 4) is 0 Å². The van der Waals surface area contributed by atoms with Gasteiger partial charge in [-0.25, -0.2) is 4.98 Å². The number of hydrogen-bond donors (Lipinski definition) is 1. The van der Waals surface area contributed by atoms with Gasteiger partial charge in [0.2, 0.25) is 0 Å². The predicted octanol–water partition coefficient (Wildman–Crippen LogP) is 2.92. The van der Waals surface area contributed by atoms with Gasteiger partial charge in [0.1, 0.15) is 12.0 Å². The van der Waals surface area contributed by atoms with Gasteiger partial charge in [-0.1, -0.05) is 0 Å². The fourth-order valence-electron chi connectivity index (χ4n) is 1.16. The first kappa shape index (κ1) is 13.2. The number of nitro groups is 1. The first-order valence-electron chi connectivity index (χ1n) is 4.60. The third kappa shape index (κ3) is 3.64. The highest BCUT2D eigenvalue weighted by Gasteiger charge is 2.11. The fourth-order valence-corrected chi connectivity index (χ4v) is 2.19. The highest BCUT2D eigenvalue weighted by atomic mass is 79.9. The zero-order valence-electron chi connectivity index (χ0n) is 8.94. The molecule has 1 atom stereocenters. The fraction of sp³-hybridized carbons (Fsp3) is 0.444.